The van der Waals surface area contributed by atoms with Crippen LogP contribution in [0, 0.1) is 6.92 Å². The molecular weight excluding hydrogens is 292 g/mol. The lowest BCUT2D eigenvalue weighted by Crippen LogP contribution is -2.18. The summed E-state index contributed by atoms with van der Waals surface area (Å²) in [7, 11) is 0. The summed E-state index contributed by atoms with van der Waals surface area (Å²) in [5.41, 5.74) is 3.64. The van der Waals surface area contributed by atoms with Crippen molar-refractivity contribution in [2.24, 2.45) is 0 Å². The molecule has 0 radical (unpaired) electrons. The number of aryl methyl sites for hydroxylation is 1. The normalized spacial score (nSPS) is 12.3. The van der Waals surface area contributed by atoms with Crippen molar-refractivity contribution in [3.63, 3.8) is 0 Å². The topological polar surface area (TPSA) is 26.2 Å². The van der Waals surface area contributed by atoms with Gasteiger partial charge in [-0.2, -0.15) is 0 Å². The van der Waals surface area contributed by atoms with Crippen LogP contribution in [0.3, 0.4) is 0 Å². The predicted octanol–water partition coefficient (Wildman–Crippen LogP) is 4.83. The number of halogens is 1. The predicted molar refractivity (Wildman–Crippen MR) is 93.6 cm³/mol. The highest BCUT2D eigenvalue weighted by Crippen LogP contribution is 2.21. The third-order valence-electron chi connectivity index (χ3n) is 4.00. The Kier molecular flexibility index (Phi) is 4.30. The van der Waals surface area contributed by atoms with E-state index in [1.807, 2.05) is 18.2 Å². The van der Waals surface area contributed by atoms with E-state index in [0.717, 1.165) is 22.9 Å². The Morgan fingerprint density at radius 2 is 1.86 bits per heavy atom. The molecule has 0 saturated carbocycles. The minimum atomic E-state index is 0.449. The van der Waals surface area contributed by atoms with Gasteiger partial charge >= 0.3 is 0 Å². The maximum absolute atomic E-state index is 6.09. The molecule has 0 amide bonds. The number of H-pyrrole nitrogens is 1. The minimum absolute atomic E-state index is 0.449. The zero-order chi connectivity index (χ0) is 15.5. The van der Waals surface area contributed by atoms with E-state index in [9.17, 15) is 0 Å². The first-order valence-corrected chi connectivity index (χ1v) is 7.92. The molecule has 1 atom stereocenters. The van der Waals surface area contributed by atoms with Gasteiger partial charge in [-0.3, -0.25) is 5.32 Å². The maximum atomic E-state index is 6.09. The third kappa shape index (κ3) is 3.23. The lowest BCUT2D eigenvalue weighted by Gasteiger charge is -2.10. The second-order valence-electron chi connectivity index (χ2n) is 5.75. The monoisotopic (exact) mass is 311 g/mol. The van der Waals surface area contributed by atoms with Gasteiger partial charge in [-0.15, -0.1) is 0 Å². The SMILES string of the molecule is Cc1cc(NC[C@@H](C)c2ccccc2)[nH+]c2cc(Cl)ccc12. The molecule has 0 unspecified atom stereocenters. The van der Waals surface area contributed by atoms with Crippen LogP contribution in [0.25, 0.3) is 10.9 Å². The van der Waals surface area contributed by atoms with Crippen molar-refractivity contribution >= 4 is 28.3 Å². The summed E-state index contributed by atoms with van der Waals surface area (Å²) in [6.07, 6.45) is 0. The smallest absolute Gasteiger partial charge is 0.272 e. The Morgan fingerprint density at radius 3 is 2.64 bits per heavy atom. The van der Waals surface area contributed by atoms with Crippen LogP contribution < -0.4 is 10.3 Å². The van der Waals surface area contributed by atoms with Crippen molar-refractivity contribution in [2.45, 2.75) is 19.8 Å². The summed E-state index contributed by atoms with van der Waals surface area (Å²) < 4.78 is 0. The van der Waals surface area contributed by atoms with Crippen molar-refractivity contribution in [1.29, 1.82) is 0 Å². The highest BCUT2D eigenvalue weighted by atomic mass is 35.5. The molecular formula is C19H20ClN2+. The third-order valence-corrected chi connectivity index (χ3v) is 4.24. The first kappa shape index (κ1) is 14.9. The molecule has 112 valence electrons. The minimum Gasteiger partial charge on any atom is -0.274 e. The van der Waals surface area contributed by atoms with Crippen LogP contribution in [0.5, 0.6) is 0 Å². The Hall–Kier alpha value is -2.06. The van der Waals surface area contributed by atoms with E-state index >= 15 is 0 Å². The Bertz CT molecular complexity index is 784. The number of aromatic nitrogens is 1. The summed E-state index contributed by atoms with van der Waals surface area (Å²) in [5, 5.41) is 5.44. The van der Waals surface area contributed by atoms with Crippen LogP contribution in [0.1, 0.15) is 24.0 Å². The lowest BCUT2D eigenvalue weighted by atomic mass is 10.0. The molecule has 0 saturated heterocycles. The molecule has 2 N–H and O–H groups in total. The summed E-state index contributed by atoms with van der Waals surface area (Å²) in [5.74, 6) is 1.47. The number of hydrogen-bond donors (Lipinski definition) is 1. The Morgan fingerprint density at radius 1 is 1.09 bits per heavy atom. The molecule has 2 aromatic carbocycles. The van der Waals surface area contributed by atoms with E-state index in [4.69, 9.17) is 11.6 Å². The second-order valence-corrected chi connectivity index (χ2v) is 6.18. The van der Waals surface area contributed by atoms with Gasteiger partial charge in [-0.05, 0) is 30.2 Å². The highest BCUT2D eigenvalue weighted by molar-refractivity contribution is 6.31. The molecule has 1 heterocycles. The van der Waals surface area contributed by atoms with E-state index in [1.165, 1.54) is 16.5 Å². The van der Waals surface area contributed by atoms with Gasteiger partial charge in [0, 0.05) is 28.5 Å². The zero-order valence-electron chi connectivity index (χ0n) is 12.9. The number of anilines is 1. The van der Waals surface area contributed by atoms with Gasteiger partial charge < -0.3 is 0 Å². The van der Waals surface area contributed by atoms with Gasteiger partial charge in [0.05, 0.1) is 6.54 Å². The van der Waals surface area contributed by atoms with E-state index < -0.39 is 0 Å². The van der Waals surface area contributed by atoms with Gasteiger partial charge in [0.25, 0.3) is 5.82 Å². The van der Waals surface area contributed by atoms with E-state index in [0.29, 0.717) is 5.92 Å². The van der Waals surface area contributed by atoms with Crippen LogP contribution >= 0.6 is 11.6 Å². The van der Waals surface area contributed by atoms with Crippen LogP contribution in [-0.2, 0) is 0 Å². The zero-order valence-corrected chi connectivity index (χ0v) is 13.6. The fraction of sp³-hybridized carbons (Fsp3) is 0.211. The van der Waals surface area contributed by atoms with E-state index in [1.54, 1.807) is 0 Å². The average molecular weight is 312 g/mol. The van der Waals surface area contributed by atoms with Gasteiger partial charge in [-0.25, -0.2) is 4.98 Å². The molecule has 2 nitrogen and oxygen atoms in total. The first-order valence-electron chi connectivity index (χ1n) is 7.54. The molecule has 0 aliphatic carbocycles. The molecule has 3 rings (SSSR count). The number of benzene rings is 2. The van der Waals surface area contributed by atoms with Gasteiger partial charge in [0.2, 0.25) is 0 Å². The number of fused-ring (bicyclic) bond motifs is 1. The van der Waals surface area contributed by atoms with Crippen molar-refractivity contribution < 1.29 is 4.98 Å². The van der Waals surface area contributed by atoms with Crippen molar-refractivity contribution in [3.8, 4) is 0 Å². The standard InChI is InChI=1S/C19H19ClN2/c1-13-10-19(22-18-11-16(20)8-9-17(13)18)21-12-14(2)15-6-4-3-5-7-15/h3-11,14H,12H2,1-2H3,(H,21,22)/p+1/t14-/m1/s1. The fourth-order valence-electron chi connectivity index (χ4n) is 2.70. The Labute approximate surface area is 136 Å². The number of rotatable bonds is 4. The molecule has 0 bridgehead atoms. The molecule has 3 heteroatoms. The average Bonchev–Trinajstić information content (AvgIpc) is 2.53. The van der Waals surface area contributed by atoms with Crippen molar-refractivity contribution in [3.05, 3.63) is 70.7 Å². The van der Waals surface area contributed by atoms with Gasteiger partial charge in [0.15, 0.2) is 0 Å². The number of hydrogen-bond acceptors (Lipinski definition) is 1. The van der Waals surface area contributed by atoms with Crippen LogP contribution in [0.15, 0.2) is 54.6 Å². The van der Waals surface area contributed by atoms with E-state index in [2.05, 4.69) is 60.5 Å². The molecule has 22 heavy (non-hydrogen) atoms. The lowest BCUT2D eigenvalue weighted by molar-refractivity contribution is -0.327. The van der Waals surface area contributed by atoms with Crippen LogP contribution in [0.2, 0.25) is 5.02 Å². The van der Waals surface area contributed by atoms with Crippen molar-refractivity contribution in [2.75, 3.05) is 11.9 Å². The first-order chi connectivity index (χ1) is 10.6. The number of aromatic amines is 1. The van der Waals surface area contributed by atoms with Crippen LogP contribution in [-0.4, -0.2) is 6.54 Å². The molecule has 0 spiro atoms. The molecule has 1 aromatic heterocycles. The molecule has 0 aliphatic rings. The van der Waals surface area contributed by atoms with Crippen molar-refractivity contribution in [1.82, 2.24) is 0 Å². The summed E-state index contributed by atoms with van der Waals surface area (Å²) in [6.45, 7) is 5.23. The number of nitrogens with one attached hydrogen (secondary N) is 2. The molecule has 3 aromatic rings. The summed E-state index contributed by atoms with van der Waals surface area (Å²) in [4.78, 5) is 3.42. The van der Waals surface area contributed by atoms with Gasteiger partial charge in [0.1, 0.15) is 5.52 Å². The molecule has 0 aliphatic heterocycles. The largest absolute Gasteiger partial charge is 0.274 e. The summed E-state index contributed by atoms with van der Waals surface area (Å²) >= 11 is 6.09. The Balaban J connectivity index is 1.79. The second kappa shape index (κ2) is 6.37. The molecule has 0 fully saturated rings. The number of pyridine rings is 1. The maximum Gasteiger partial charge on any atom is 0.272 e. The quantitative estimate of drug-likeness (QED) is 0.733. The van der Waals surface area contributed by atoms with Gasteiger partial charge in [-0.1, -0.05) is 48.9 Å². The highest BCUT2D eigenvalue weighted by Gasteiger charge is 2.11. The fourth-order valence-corrected chi connectivity index (χ4v) is 2.87. The summed E-state index contributed by atoms with van der Waals surface area (Å²) in [6, 6.07) is 18.6. The van der Waals surface area contributed by atoms with Crippen LogP contribution in [0.4, 0.5) is 5.82 Å². The van der Waals surface area contributed by atoms with E-state index in [-0.39, 0.29) is 0 Å².